The van der Waals surface area contributed by atoms with Crippen molar-refractivity contribution < 1.29 is 9.13 Å². The molecule has 1 aliphatic heterocycles. The molecule has 88 valence electrons. The maximum Gasteiger partial charge on any atom is 0.145 e. The second kappa shape index (κ2) is 5.02. The first kappa shape index (κ1) is 11.7. The van der Waals surface area contributed by atoms with Gasteiger partial charge in [0, 0.05) is 17.7 Å². The number of piperidine rings is 1. The zero-order chi connectivity index (χ0) is 11.5. The molecule has 1 N–H and O–H groups in total. The summed E-state index contributed by atoms with van der Waals surface area (Å²) < 4.78 is 18.5. The summed E-state index contributed by atoms with van der Waals surface area (Å²) in [5.41, 5.74) is 0.952. The second-order valence-electron chi connectivity index (χ2n) is 4.01. The zero-order valence-electron chi connectivity index (χ0n) is 9.22. The van der Waals surface area contributed by atoms with Crippen LogP contribution in [0.2, 0.25) is 5.02 Å². The fourth-order valence-corrected chi connectivity index (χ4v) is 2.28. The molecule has 1 fully saturated rings. The summed E-state index contributed by atoms with van der Waals surface area (Å²) in [6, 6.07) is 3.24. The highest BCUT2D eigenvalue weighted by molar-refractivity contribution is 6.30. The molecule has 0 saturated carbocycles. The molecule has 1 unspecified atom stereocenters. The Kier molecular flexibility index (Phi) is 3.66. The summed E-state index contributed by atoms with van der Waals surface area (Å²) >= 11 is 5.80. The van der Waals surface area contributed by atoms with Crippen LogP contribution in [0.4, 0.5) is 4.39 Å². The third kappa shape index (κ3) is 2.30. The lowest BCUT2D eigenvalue weighted by atomic mass is 9.97. The number of halogens is 2. The van der Waals surface area contributed by atoms with Gasteiger partial charge in [-0.1, -0.05) is 18.0 Å². The predicted octanol–water partition coefficient (Wildman–Crippen LogP) is 3.30. The van der Waals surface area contributed by atoms with E-state index in [1.807, 2.05) is 0 Å². The van der Waals surface area contributed by atoms with Gasteiger partial charge in [-0.15, -0.1) is 0 Å². The zero-order valence-corrected chi connectivity index (χ0v) is 9.98. The van der Waals surface area contributed by atoms with E-state index in [4.69, 9.17) is 16.3 Å². The van der Waals surface area contributed by atoms with E-state index >= 15 is 0 Å². The molecule has 2 nitrogen and oxygen atoms in total. The van der Waals surface area contributed by atoms with Gasteiger partial charge in [-0.05, 0) is 25.5 Å². The van der Waals surface area contributed by atoms with E-state index in [-0.39, 0.29) is 11.1 Å². The molecule has 0 bridgehead atoms. The first-order chi connectivity index (χ1) is 7.72. The van der Waals surface area contributed by atoms with Gasteiger partial charge in [0.15, 0.2) is 0 Å². The van der Waals surface area contributed by atoms with Crippen molar-refractivity contribution in [2.75, 3.05) is 13.7 Å². The first-order valence-electron chi connectivity index (χ1n) is 5.48. The molecule has 0 aliphatic carbocycles. The highest BCUT2D eigenvalue weighted by Gasteiger charge is 2.20. The van der Waals surface area contributed by atoms with Gasteiger partial charge >= 0.3 is 0 Å². The molecular weight excluding hydrogens is 229 g/mol. The van der Waals surface area contributed by atoms with Crippen LogP contribution in [0.15, 0.2) is 12.1 Å². The molecule has 0 aromatic heterocycles. The van der Waals surface area contributed by atoms with E-state index in [1.165, 1.54) is 18.9 Å². The molecule has 1 aromatic rings. The van der Waals surface area contributed by atoms with Crippen LogP contribution in [0, 0.1) is 5.82 Å². The lowest BCUT2D eigenvalue weighted by molar-refractivity contribution is 0.371. The SMILES string of the molecule is COc1cc(F)c(Cl)cc1C1CCCCN1. The van der Waals surface area contributed by atoms with Gasteiger partial charge in [0.1, 0.15) is 11.6 Å². The van der Waals surface area contributed by atoms with Crippen molar-refractivity contribution in [3.05, 3.63) is 28.5 Å². The first-order valence-corrected chi connectivity index (χ1v) is 5.86. The number of methoxy groups -OCH3 is 1. The number of rotatable bonds is 2. The Balaban J connectivity index is 2.33. The van der Waals surface area contributed by atoms with Crippen molar-refractivity contribution in [1.82, 2.24) is 5.32 Å². The Morgan fingerprint density at radius 2 is 2.25 bits per heavy atom. The fourth-order valence-electron chi connectivity index (χ4n) is 2.11. The molecular formula is C12H15ClFNO. The smallest absolute Gasteiger partial charge is 0.145 e. The molecule has 1 saturated heterocycles. The minimum Gasteiger partial charge on any atom is -0.496 e. The molecule has 0 amide bonds. The van der Waals surface area contributed by atoms with Crippen LogP contribution < -0.4 is 10.1 Å². The minimum absolute atomic E-state index is 0.156. The maximum atomic E-state index is 13.3. The molecule has 1 atom stereocenters. The molecule has 2 rings (SSSR count). The average molecular weight is 244 g/mol. The van der Waals surface area contributed by atoms with Crippen molar-refractivity contribution in [1.29, 1.82) is 0 Å². The fraction of sp³-hybridized carbons (Fsp3) is 0.500. The van der Waals surface area contributed by atoms with Crippen LogP contribution in [0.5, 0.6) is 5.75 Å². The van der Waals surface area contributed by atoms with Gasteiger partial charge < -0.3 is 10.1 Å². The molecule has 4 heteroatoms. The Labute approximate surface area is 99.7 Å². The van der Waals surface area contributed by atoms with E-state index in [9.17, 15) is 4.39 Å². The van der Waals surface area contributed by atoms with Crippen molar-refractivity contribution in [2.45, 2.75) is 25.3 Å². The van der Waals surface area contributed by atoms with Crippen LogP contribution in [-0.2, 0) is 0 Å². The van der Waals surface area contributed by atoms with Crippen molar-refractivity contribution in [2.24, 2.45) is 0 Å². The lowest BCUT2D eigenvalue weighted by Gasteiger charge is -2.25. The molecule has 16 heavy (non-hydrogen) atoms. The lowest BCUT2D eigenvalue weighted by Crippen LogP contribution is -2.27. The molecule has 0 spiro atoms. The topological polar surface area (TPSA) is 21.3 Å². The third-order valence-electron chi connectivity index (χ3n) is 2.96. The number of ether oxygens (including phenoxy) is 1. The highest BCUT2D eigenvalue weighted by Crippen LogP contribution is 2.34. The van der Waals surface area contributed by atoms with Crippen LogP contribution in [0.1, 0.15) is 30.9 Å². The summed E-state index contributed by atoms with van der Waals surface area (Å²) in [5.74, 6) is 0.138. The van der Waals surface area contributed by atoms with Crippen molar-refractivity contribution >= 4 is 11.6 Å². The van der Waals surface area contributed by atoms with Crippen LogP contribution in [0.3, 0.4) is 0 Å². The summed E-state index contributed by atoms with van der Waals surface area (Å²) in [5, 5.41) is 3.55. The van der Waals surface area contributed by atoms with Gasteiger partial charge in [-0.2, -0.15) is 0 Å². The van der Waals surface area contributed by atoms with Gasteiger partial charge in [0.05, 0.1) is 12.1 Å². The summed E-state index contributed by atoms with van der Waals surface area (Å²) in [7, 11) is 1.55. The average Bonchev–Trinajstić information content (AvgIpc) is 2.33. The van der Waals surface area contributed by atoms with Crippen molar-refractivity contribution in [3.63, 3.8) is 0 Å². The second-order valence-corrected chi connectivity index (χ2v) is 4.42. The normalized spacial score (nSPS) is 20.8. The summed E-state index contributed by atoms with van der Waals surface area (Å²) in [6.45, 7) is 0.989. The van der Waals surface area contributed by atoms with Gasteiger partial charge in [-0.25, -0.2) is 4.39 Å². The Bertz CT molecular complexity index is 378. The van der Waals surface area contributed by atoms with E-state index in [0.717, 1.165) is 18.5 Å². The maximum absolute atomic E-state index is 13.3. The van der Waals surface area contributed by atoms with E-state index < -0.39 is 5.82 Å². The number of benzene rings is 1. The Hall–Kier alpha value is -0.800. The van der Waals surface area contributed by atoms with Crippen LogP contribution in [0.25, 0.3) is 0 Å². The molecule has 1 aromatic carbocycles. The van der Waals surface area contributed by atoms with E-state index in [0.29, 0.717) is 5.75 Å². The Morgan fingerprint density at radius 1 is 1.44 bits per heavy atom. The number of nitrogens with one attached hydrogen (secondary N) is 1. The highest BCUT2D eigenvalue weighted by atomic mass is 35.5. The van der Waals surface area contributed by atoms with Crippen LogP contribution >= 0.6 is 11.6 Å². The quantitative estimate of drug-likeness (QED) is 0.861. The monoisotopic (exact) mass is 243 g/mol. The minimum atomic E-state index is -0.432. The number of hydrogen-bond donors (Lipinski definition) is 1. The molecule has 1 heterocycles. The molecule has 1 aliphatic rings. The Morgan fingerprint density at radius 3 is 2.88 bits per heavy atom. The van der Waals surface area contributed by atoms with E-state index in [1.54, 1.807) is 13.2 Å². The summed E-state index contributed by atoms with van der Waals surface area (Å²) in [6.07, 6.45) is 3.40. The predicted molar refractivity (Wildman–Crippen MR) is 62.6 cm³/mol. The standard InChI is InChI=1S/C12H15ClFNO/c1-16-12-7-10(14)9(13)6-8(12)11-4-2-3-5-15-11/h6-7,11,15H,2-5H2,1H3. The van der Waals surface area contributed by atoms with Crippen molar-refractivity contribution in [3.8, 4) is 5.75 Å². The molecule has 0 radical (unpaired) electrons. The van der Waals surface area contributed by atoms with Gasteiger partial charge in [0.25, 0.3) is 0 Å². The summed E-state index contributed by atoms with van der Waals surface area (Å²) in [4.78, 5) is 0. The largest absolute Gasteiger partial charge is 0.496 e. The van der Waals surface area contributed by atoms with E-state index in [2.05, 4.69) is 5.32 Å². The van der Waals surface area contributed by atoms with Gasteiger partial charge in [0.2, 0.25) is 0 Å². The third-order valence-corrected chi connectivity index (χ3v) is 3.25. The van der Waals surface area contributed by atoms with Crippen LogP contribution in [-0.4, -0.2) is 13.7 Å². The number of hydrogen-bond acceptors (Lipinski definition) is 2. The van der Waals surface area contributed by atoms with Gasteiger partial charge in [-0.3, -0.25) is 0 Å².